The van der Waals surface area contributed by atoms with Crippen LogP contribution in [-0.2, 0) is 10.3 Å². The first-order valence-corrected chi connectivity index (χ1v) is 9.42. The SMILES string of the molecule is C[C@@H]1C[C@H]2N1B(c1ccccc1)OC2(c1ccccc1)c1ccccc1. The number of hydrogen-bond acceptors (Lipinski definition) is 2. The van der Waals surface area contributed by atoms with Crippen molar-refractivity contribution in [2.45, 2.75) is 31.0 Å². The van der Waals surface area contributed by atoms with E-state index in [9.17, 15) is 0 Å². The van der Waals surface area contributed by atoms with E-state index < -0.39 is 5.60 Å². The molecule has 2 heterocycles. The van der Waals surface area contributed by atoms with Crippen LogP contribution < -0.4 is 5.46 Å². The average molecular weight is 339 g/mol. The van der Waals surface area contributed by atoms with Gasteiger partial charge in [-0.15, -0.1) is 0 Å². The third kappa shape index (κ3) is 2.21. The fourth-order valence-electron chi connectivity index (χ4n) is 4.74. The Bertz CT molecular complexity index is 844. The van der Waals surface area contributed by atoms with Crippen LogP contribution in [0.3, 0.4) is 0 Å². The Kier molecular flexibility index (Phi) is 3.73. The van der Waals surface area contributed by atoms with Gasteiger partial charge in [0.25, 0.3) is 0 Å². The fraction of sp³-hybridized carbons (Fsp3) is 0.217. The zero-order valence-electron chi connectivity index (χ0n) is 15.0. The second-order valence-electron chi connectivity index (χ2n) is 7.40. The maximum Gasteiger partial charge on any atom is 0.420 e. The molecule has 3 aromatic rings. The molecule has 26 heavy (non-hydrogen) atoms. The maximum atomic E-state index is 6.99. The molecule has 2 atom stereocenters. The zero-order valence-corrected chi connectivity index (χ0v) is 15.0. The molecular weight excluding hydrogens is 317 g/mol. The molecule has 0 radical (unpaired) electrons. The molecular formula is C23H22BNO. The molecule has 0 bridgehead atoms. The van der Waals surface area contributed by atoms with Gasteiger partial charge in [-0.2, -0.15) is 0 Å². The minimum absolute atomic E-state index is 0.00892. The van der Waals surface area contributed by atoms with E-state index in [4.69, 9.17) is 4.65 Å². The van der Waals surface area contributed by atoms with Gasteiger partial charge in [0.1, 0.15) is 5.60 Å². The molecule has 0 unspecified atom stereocenters. The lowest BCUT2D eigenvalue weighted by molar-refractivity contribution is 0.0307. The van der Waals surface area contributed by atoms with Gasteiger partial charge in [-0.05, 0) is 23.0 Å². The maximum absolute atomic E-state index is 6.99. The summed E-state index contributed by atoms with van der Waals surface area (Å²) < 4.78 is 6.99. The monoisotopic (exact) mass is 339 g/mol. The smallest absolute Gasteiger partial charge is 0.402 e. The van der Waals surface area contributed by atoms with E-state index in [2.05, 4.69) is 103 Å². The molecule has 0 spiro atoms. The Morgan fingerprint density at radius 1 is 0.808 bits per heavy atom. The Morgan fingerprint density at radius 3 is 1.81 bits per heavy atom. The van der Waals surface area contributed by atoms with Crippen LogP contribution in [0.4, 0.5) is 0 Å². The van der Waals surface area contributed by atoms with E-state index in [0.717, 1.165) is 6.42 Å². The van der Waals surface area contributed by atoms with E-state index in [1.807, 2.05) is 0 Å². The summed E-state index contributed by atoms with van der Waals surface area (Å²) >= 11 is 0. The summed E-state index contributed by atoms with van der Waals surface area (Å²) in [5.74, 6) is 0. The van der Waals surface area contributed by atoms with Crippen molar-refractivity contribution in [3.05, 3.63) is 102 Å². The van der Waals surface area contributed by atoms with Crippen LogP contribution in [-0.4, -0.2) is 23.9 Å². The van der Waals surface area contributed by atoms with Crippen molar-refractivity contribution in [3.8, 4) is 0 Å². The second kappa shape index (κ2) is 6.12. The van der Waals surface area contributed by atoms with Crippen LogP contribution >= 0.6 is 0 Å². The molecule has 2 aliphatic heterocycles. The van der Waals surface area contributed by atoms with E-state index in [0.29, 0.717) is 12.1 Å². The quantitative estimate of drug-likeness (QED) is 0.673. The van der Waals surface area contributed by atoms with Gasteiger partial charge in [0.15, 0.2) is 0 Å². The summed E-state index contributed by atoms with van der Waals surface area (Å²) in [6, 6.07) is 33.0. The average Bonchev–Trinajstić information content (AvgIpc) is 3.00. The Morgan fingerprint density at radius 2 is 1.31 bits per heavy atom. The molecule has 0 saturated carbocycles. The summed E-state index contributed by atoms with van der Waals surface area (Å²) in [4.78, 5) is 2.55. The first-order chi connectivity index (χ1) is 12.8. The topological polar surface area (TPSA) is 12.5 Å². The van der Waals surface area contributed by atoms with Crippen molar-refractivity contribution in [1.82, 2.24) is 4.81 Å². The summed E-state index contributed by atoms with van der Waals surface area (Å²) in [5.41, 5.74) is 3.30. The zero-order chi connectivity index (χ0) is 17.6. The minimum Gasteiger partial charge on any atom is -0.402 e. The first-order valence-electron chi connectivity index (χ1n) is 9.42. The van der Waals surface area contributed by atoms with Gasteiger partial charge in [-0.1, -0.05) is 97.9 Å². The molecule has 0 N–H and O–H groups in total. The highest BCUT2D eigenvalue weighted by molar-refractivity contribution is 6.65. The van der Waals surface area contributed by atoms with Gasteiger partial charge in [-0.3, -0.25) is 0 Å². The predicted molar refractivity (Wildman–Crippen MR) is 106 cm³/mol. The molecule has 2 nitrogen and oxygen atoms in total. The summed E-state index contributed by atoms with van der Waals surface area (Å²) in [6.45, 7) is 2.31. The standard InChI is InChI=1S/C23H22BNO/c1-18-17-22-23(19-11-5-2-6-12-19,20-13-7-3-8-14-20)26-24(25(18)22)21-15-9-4-10-16-21/h2-16,18,22H,17H2,1H3/t18-,22-/m1/s1. The van der Waals surface area contributed by atoms with Crippen LogP contribution in [0.2, 0.25) is 0 Å². The van der Waals surface area contributed by atoms with Gasteiger partial charge in [0.05, 0.1) is 0 Å². The highest BCUT2D eigenvalue weighted by Gasteiger charge is 2.63. The van der Waals surface area contributed by atoms with Crippen molar-refractivity contribution in [2.75, 3.05) is 0 Å². The Labute approximate surface area is 155 Å². The van der Waals surface area contributed by atoms with Crippen LogP contribution in [0.5, 0.6) is 0 Å². The van der Waals surface area contributed by atoms with E-state index in [-0.39, 0.29) is 7.05 Å². The molecule has 5 rings (SSSR count). The van der Waals surface area contributed by atoms with Gasteiger partial charge in [0, 0.05) is 12.1 Å². The summed E-state index contributed by atoms with van der Waals surface area (Å²) in [5, 5.41) is 0. The second-order valence-corrected chi connectivity index (χ2v) is 7.40. The molecule has 128 valence electrons. The number of nitrogens with zero attached hydrogens (tertiary/aromatic N) is 1. The Hall–Kier alpha value is -2.36. The van der Waals surface area contributed by atoms with Crippen molar-refractivity contribution in [2.24, 2.45) is 0 Å². The van der Waals surface area contributed by atoms with E-state index in [1.165, 1.54) is 16.6 Å². The molecule has 2 saturated heterocycles. The minimum atomic E-state index is -0.421. The largest absolute Gasteiger partial charge is 0.420 e. The Balaban J connectivity index is 1.69. The third-order valence-corrected chi connectivity index (χ3v) is 5.96. The lowest BCUT2D eigenvalue weighted by Crippen LogP contribution is -2.62. The fourth-order valence-corrected chi connectivity index (χ4v) is 4.74. The van der Waals surface area contributed by atoms with Crippen molar-refractivity contribution in [1.29, 1.82) is 0 Å². The number of hydrogen-bond donors (Lipinski definition) is 0. The number of fused-ring (bicyclic) bond motifs is 1. The molecule has 3 aromatic carbocycles. The highest BCUT2D eigenvalue weighted by Crippen LogP contribution is 2.52. The van der Waals surface area contributed by atoms with Gasteiger partial charge in [-0.25, -0.2) is 0 Å². The number of benzene rings is 3. The van der Waals surface area contributed by atoms with Gasteiger partial charge < -0.3 is 9.47 Å². The first kappa shape index (κ1) is 15.9. The van der Waals surface area contributed by atoms with E-state index >= 15 is 0 Å². The van der Waals surface area contributed by atoms with Crippen LogP contribution in [0.25, 0.3) is 0 Å². The molecule has 0 amide bonds. The van der Waals surface area contributed by atoms with E-state index in [1.54, 1.807) is 0 Å². The molecule has 2 aliphatic rings. The van der Waals surface area contributed by atoms with Crippen molar-refractivity contribution >= 4 is 12.5 Å². The summed E-state index contributed by atoms with van der Waals surface area (Å²) in [7, 11) is -0.00892. The predicted octanol–water partition coefficient (Wildman–Crippen LogP) is 3.82. The summed E-state index contributed by atoms with van der Waals surface area (Å²) in [6.07, 6.45) is 1.15. The molecule has 0 aromatic heterocycles. The highest BCUT2D eigenvalue weighted by atomic mass is 16.5. The van der Waals surface area contributed by atoms with Crippen LogP contribution in [0, 0.1) is 0 Å². The van der Waals surface area contributed by atoms with Gasteiger partial charge in [0.2, 0.25) is 0 Å². The van der Waals surface area contributed by atoms with Gasteiger partial charge >= 0.3 is 7.05 Å². The lowest BCUT2D eigenvalue weighted by Gasteiger charge is -2.49. The molecule has 3 heteroatoms. The van der Waals surface area contributed by atoms with Crippen molar-refractivity contribution in [3.63, 3.8) is 0 Å². The number of rotatable bonds is 3. The normalized spacial score (nSPS) is 24.1. The lowest BCUT2D eigenvalue weighted by atomic mass is 9.66. The van der Waals surface area contributed by atoms with Crippen LogP contribution in [0.1, 0.15) is 24.5 Å². The third-order valence-electron chi connectivity index (χ3n) is 5.96. The molecule has 0 aliphatic carbocycles. The van der Waals surface area contributed by atoms with Crippen molar-refractivity contribution < 1.29 is 4.65 Å². The molecule has 2 fully saturated rings. The van der Waals surface area contributed by atoms with Crippen LogP contribution in [0.15, 0.2) is 91.0 Å².